The molecule has 0 aromatic heterocycles. The predicted molar refractivity (Wildman–Crippen MR) is 79.0 cm³/mol. The van der Waals surface area contributed by atoms with Crippen molar-refractivity contribution >= 4 is 10.0 Å². The highest BCUT2D eigenvalue weighted by molar-refractivity contribution is 7.89. The largest absolute Gasteiger partial charge is 0.394 e. The van der Waals surface area contributed by atoms with Gasteiger partial charge in [0.2, 0.25) is 10.0 Å². The summed E-state index contributed by atoms with van der Waals surface area (Å²) in [4.78, 5) is 0. The van der Waals surface area contributed by atoms with Gasteiger partial charge in [-0.25, -0.2) is 13.1 Å². The van der Waals surface area contributed by atoms with Crippen LogP contribution in [0.4, 0.5) is 0 Å². The maximum Gasteiger partial charge on any atom is 0.211 e. The monoisotopic (exact) mass is 301 g/mol. The summed E-state index contributed by atoms with van der Waals surface area (Å²) in [6.45, 7) is 4.06. The first-order valence-electron chi connectivity index (χ1n) is 6.75. The Labute approximate surface area is 121 Å². The number of aryl methyl sites for hydroxylation is 1. The highest BCUT2D eigenvalue weighted by Crippen LogP contribution is 2.17. The summed E-state index contributed by atoms with van der Waals surface area (Å²) in [5.74, 6) is 0.105. The fourth-order valence-corrected chi connectivity index (χ4v) is 2.88. The standard InChI is InChI=1S/C14H23NO4S/c1-3-10-20(17,18)15-11-14(19-9-8-16)13-6-4-12(2)5-7-13/h4-7,14-16H,3,8-11H2,1-2H3. The average Bonchev–Trinajstić information content (AvgIpc) is 2.40. The number of sulfonamides is 1. The lowest BCUT2D eigenvalue weighted by molar-refractivity contribution is 0.0309. The van der Waals surface area contributed by atoms with Crippen molar-refractivity contribution in [2.75, 3.05) is 25.5 Å². The Bertz CT molecular complexity index is 484. The Morgan fingerprint density at radius 1 is 1.30 bits per heavy atom. The number of benzene rings is 1. The first-order valence-corrected chi connectivity index (χ1v) is 8.40. The van der Waals surface area contributed by atoms with E-state index in [0.717, 1.165) is 11.1 Å². The van der Waals surface area contributed by atoms with Crippen molar-refractivity contribution < 1.29 is 18.3 Å². The Hall–Kier alpha value is -0.950. The molecule has 20 heavy (non-hydrogen) atoms. The lowest BCUT2D eigenvalue weighted by Crippen LogP contribution is -2.31. The van der Waals surface area contributed by atoms with Gasteiger partial charge >= 0.3 is 0 Å². The van der Waals surface area contributed by atoms with Crippen LogP contribution in [0.1, 0.15) is 30.6 Å². The molecule has 1 aromatic carbocycles. The van der Waals surface area contributed by atoms with Crippen molar-refractivity contribution in [3.63, 3.8) is 0 Å². The van der Waals surface area contributed by atoms with E-state index < -0.39 is 16.1 Å². The molecule has 1 unspecified atom stereocenters. The molecule has 0 aliphatic carbocycles. The number of aliphatic hydroxyl groups is 1. The van der Waals surface area contributed by atoms with Crippen LogP contribution in [-0.4, -0.2) is 39.0 Å². The van der Waals surface area contributed by atoms with Gasteiger partial charge in [0, 0.05) is 6.54 Å². The molecule has 0 saturated carbocycles. The zero-order valence-corrected chi connectivity index (χ0v) is 12.8. The minimum Gasteiger partial charge on any atom is -0.394 e. The van der Waals surface area contributed by atoms with Crippen LogP contribution in [-0.2, 0) is 14.8 Å². The van der Waals surface area contributed by atoms with E-state index >= 15 is 0 Å². The van der Waals surface area contributed by atoms with Crippen molar-refractivity contribution in [1.82, 2.24) is 4.72 Å². The SMILES string of the molecule is CCCS(=O)(=O)NCC(OCCO)c1ccc(C)cc1. The van der Waals surface area contributed by atoms with E-state index in [1.54, 1.807) is 0 Å². The molecule has 2 N–H and O–H groups in total. The molecule has 1 aromatic rings. The smallest absolute Gasteiger partial charge is 0.211 e. The van der Waals surface area contributed by atoms with Gasteiger partial charge in [-0.2, -0.15) is 0 Å². The molecule has 0 saturated heterocycles. The van der Waals surface area contributed by atoms with Gasteiger partial charge in [0.25, 0.3) is 0 Å². The number of hydrogen-bond acceptors (Lipinski definition) is 4. The van der Waals surface area contributed by atoms with Crippen LogP contribution in [0.3, 0.4) is 0 Å². The second kappa shape index (κ2) is 8.36. The number of nitrogens with one attached hydrogen (secondary N) is 1. The normalized spacial score (nSPS) is 13.3. The van der Waals surface area contributed by atoms with Crippen molar-refractivity contribution in [3.8, 4) is 0 Å². The van der Waals surface area contributed by atoms with Crippen molar-refractivity contribution in [2.45, 2.75) is 26.4 Å². The molecule has 0 amide bonds. The molecule has 1 atom stereocenters. The molecule has 0 aliphatic rings. The fraction of sp³-hybridized carbons (Fsp3) is 0.571. The van der Waals surface area contributed by atoms with E-state index in [4.69, 9.17) is 9.84 Å². The number of rotatable bonds is 9. The maximum atomic E-state index is 11.7. The van der Waals surface area contributed by atoms with Crippen molar-refractivity contribution in [2.24, 2.45) is 0 Å². The maximum absolute atomic E-state index is 11.7. The summed E-state index contributed by atoms with van der Waals surface area (Å²) in [6, 6.07) is 7.72. The summed E-state index contributed by atoms with van der Waals surface area (Å²) < 4.78 is 31.4. The lowest BCUT2D eigenvalue weighted by atomic mass is 10.1. The third kappa shape index (κ3) is 6.00. The van der Waals surface area contributed by atoms with E-state index in [1.807, 2.05) is 38.1 Å². The van der Waals surface area contributed by atoms with Gasteiger partial charge in [0.05, 0.1) is 25.1 Å². The van der Waals surface area contributed by atoms with Crippen molar-refractivity contribution in [3.05, 3.63) is 35.4 Å². The molecule has 0 fully saturated rings. The minimum atomic E-state index is -3.26. The second-order valence-electron chi connectivity index (χ2n) is 4.66. The molecule has 1 rings (SSSR count). The molecule has 5 nitrogen and oxygen atoms in total. The minimum absolute atomic E-state index is 0.0932. The Kier molecular flexibility index (Phi) is 7.15. The van der Waals surface area contributed by atoms with Crippen LogP contribution >= 0.6 is 0 Å². The summed E-state index contributed by atoms with van der Waals surface area (Å²) in [6.07, 6.45) is 0.177. The quantitative estimate of drug-likeness (QED) is 0.722. The fourth-order valence-electron chi connectivity index (χ4n) is 1.79. The third-order valence-electron chi connectivity index (χ3n) is 2.82. The topological polar surface area (TPSA) is 75.6 Å². The number of hydrogen-bond donors (Lipinski definition) is 2. The van der Waals surface area contributed by atoms with E-state index in [0.29, 0.717) is 6.42 Å². The zero-order chi connectivity index (χ0) is 15.0. The van der Waals surface area contributed by atoms with E-state index in [1.165, 1.54) is 0 Å². The van der Waals surface area contributed by atoms with Crippen molar-refractivity contribution in [1.29, 1.82) is 0 Å². The molecule has 6 heteroatoms. The van der Waals surface area contributed by atoms with Gasteiger partial charge in [-0.05, 0) is 18.9 Å². The first kappa shape index (κ1) is 17.1. The zero-order valence-electron chi connectivity index (χ0n) is 12.0. The van der Waals surface area contributed by atoms with Gasteiger partial charge in [0.15, 0.2) is 0 Å². The van der Waals surface area contributed by atoms with Crippen LogP contribution < -0.4 is 4.72 Å². The van der Waals surface area contributed by atoms with Crippen LogP contribution in [0.15, 0.2) is 24.3 Å². The first-order chi connectivity index (χ1) is 9.48. The molecule has 0 radical (unpaired) electrons. The lowest BCUT2D eigenvalue weighted by Gasteiger charge is -2.18. The third-order valence-corrected chi connectivity index (χ3v) is 4.37. The highest BCUT2D eigenvalue weighted by Gasteiger charge is 2.16. The van der Waals surface area contributed by atoms with Gasteiger partial charge in [-0.1, -0.05) is 36.8 Å². The Morgan fingerprint density at radius 3 is 2.50 bits per heavy atom. The number of aliphatic hydroxyl groups excluding tert-OH is 1. The molecule has 0 bridgehead atoms. The van der Waals surface area contributed by atoms with Crippen LogP contribution in [0.2, 0.25) is 0 Å². The predicted octanol–water partition coefficient (Wildman–Crippen LogP) is 1.37. The molecule has 0 heterocycles. The van der Waals surface area contributed by atoms with E-state index in [9.17, 15) is 8.42 Å². The van der Waals surface area contributed by atoms with Gasteiger partial charge in [0.1, 0.15) is 0 Å². The summed E-state index contributed by atoms with van der Waals surface area (Å²) in [7, 11) is -3.26. The van der Waals surface area contributed by atoms with Gasteiger partial charge < -0.3 is 9.84 Å². The summed E-state index contributed by atoms with van der Waals surface area (Å²) >= 11 is 0. The van der Waals surface area contributed by atoms with E-state index in [2.05, 4.69) is 4.72 Å². The average molecular weight is 301 g/mol. The van der Waals surface area contributed by atoms with Gasteiger partial charge in [-0.3, -0.25) is 0 Å². The van der Waals surface area contributed by atoms with Crippen LogP contribution in [0.25, 0.3) is 0 Å². The molecule has 0 spiro atoms. The van der Waals surface area contributed by atoms with Crippen LogP contribution in [0.5, 0.6) is 0 Å². The molecule has 0 aliphatic heterocycles. The Balaban J connectivity index is 2.72. The Morgan fingerprint density at radius 2 is 1.95 bits per heavy atom. The van der Waals surface area contributed by atoms with Gasteiger partial charge in [-0.15, -0.1) is 0 Å². The molecular formula is C14H23NO4S. The highest BCUT2D eigenvalue weighted by atomic mass is 32.2. The summed E-state index contributed by atoms with van der Waals surface area (Å²) in [5.41, 5.74) is 2.02. The van der Waals surface area contributed by atoms with E-state index in [-0.39, 0.29) is 25.5 Å². The molecular weight excluding hydrogens is 278 g/mol. The summed E-state index contributed by atoms with van der Waals surface area (Å²) in [5, 5.41) is 8.85. The van der Waals surface area contributed by atoms with Crippen LogP contribution in [0, 0.1) is 6.92 Å². The number of ether oxygens (including phenoxy) is 1. The molecule has 114 valence electrons. The second-order valence-corrected chi connectivity index (χ2v) is 6.59.